The van der Waals surface area contributed by atoms with Crippen LogP contribution in [0.5, 0.6) is 5.75 Å². The van der Waals surface area contributed by atoms with Crippen LogP contribution in [0.4, 0.5) is 0 Å². The molecule has 0 aliphatic carbocycles. The number of carbonyl (C=O) groups is 1. The molecule has 0 aliphatic rings. The number of thioether (sulfide) groups is 1. The van der Waals surface area contributed by atoms with Gasteiger partial charge in [0.15, 0.2) is 5.12 Å². The molecule has 0 fully saturated rings. The molecular weight excluding hydrogens is 359 g/mol. The van der Waals surface area contributed by atoms with E-state index in [0.717, 1.165) is 31.0 Å². The van der Waals surface area contributed by atoms with E-state index < -0.39 is 0 Å². The molecule has 0 aromatic heterocycles. The smallest absolute Gasteiger partial charge is 0.185 e. The first-order valence-electron chi connectivity index (χ1n) is 6.20. The van der Waals surface area contributed by atoms with E-state index in [1.54, 1.807) is 6.92 Å². The van der Waals surface area contributed by atoms with Crippen LogP contribution in [0, 0.1) is 3.57 Å². The number of hydrogen-bond donors (Lipinski definition) is 0. The monoisotopic (exact) mass is 378 g/mol. The van der Waals surface area contributed by atoms with Crippen molar-refractivity contribution in [1.82, 2.24) is 0 Å². The van der Waals surface area contributed by atoms with Gasteiger partial charge in [0.1, 0.15) is 5.75 Å². The van der Waals surface area contributed by atoms with Crippen LogP contribution in [0.3, 0.4) is 0 Å². The molecule has 0 heterocycles. The van der Waals surface area contributed by atoms with E-state index in [0.29, 0.717) is 0 Å². The molecule has 0 unspecified atom stereocenters. The summed E-state index contributed by atoms with van der Waals surface area (Å²) < 4.78 is 6.87. The van der Waals surface area contributed by atoms with Crippen molar-refractivity contribution >= 4 is 39.5 Å². The number of rotatable bonds is 8. The third kappa shape index (κ3) is 7.97. The molecule has 0 saturated carbocycles. The molecule has 1 rings (SSSR count). The summed E-state index contributed by atoms with van der Waals surface area (Å²) in [7, 11) is 0. The minimum atomic E-state index is 0.219. The van der Waals surface area contributed by atoms with E-state index in [4.69, 9.17) is 4.74 Å². The molecule has 0 amide bonds. The quantitative estimate of drug-likeness (QED) is 0.492. The second-order valence-corrected chi connectivity index (χ2v) is 6.57. The molecule has 0 spiro atoms. The molecule has 100 valence electrons. The van der Waals surface area contributed by atoms with E-state index in [9.17, 15) is 4.79 Å². The van der Waals surface area contributed by atoms with Crippen LogP contribution in [-0.4, -0.2) is 17.5 Å². The van der Waals surface area contributed by atoms with Gasteiger partial charge in [0.05, 0.1) is 6.61 Å². The summed E-state index contributed by atoms with van der Waals surface area (Å²) in [6.07, 6.45) is 4.55. The Hall–Kier alpha value is -0.230. The Balaban J connectivity index is 1.95. The van der Waals surface area contributed by atoms with Gasteiger partial charge in [0.25, 0.3) is 0 Å². The van der Waals surface area contributed by atoms with Gasteiger partial charge in [-0.3, -0.25) is 4.79 Å². The Kier molecular flexibility index (Phi) is 8.50. The van der Waals surface area contributed by atoms with Crippen LogP contribution < -0.4 is 4.74 Å². The Labute approximate surface area is 127 Å². The Bertz CT molecular complexity index is 351. The fourth-order valence-electron chi connectivity index (χ4n) is 1.49. The lowest BCUT2D eigenvalue weighted by Crippen LogP contribution is -1.97. The van der Waals surface area contributed by atoms with Crippen LogP contribution in [0.25, 0.3) is 0 Å². The second kappa shape index (κ2) is 9.67. The molecule has 4 heteroatoms. The molecule has 0 radical (unpaired) electrons. The predicted octanol–water partition coefficient (Wildman–Crippen LogP) is 4.51. The van der Waals surface area contributed by atoms with E-state index in [1.807, 2.05) is 12.1 Å². The van der Waals surface area contributed by atoms with Gasteiger partial charge in [0.2, 0.25) is 0 Å². The fraction of sp³-hybridized carbons (Fsp3) is 0.500. The van der Waals surface area contributed by atoms with Gasteiger partial charge in [-0.05, 0) is 59.7 Å². The highest BCUT2D eigenvalue weighted by molar-refractivity contribution is 14.1. The standard InChI is InChI=1S/C14H19IO2S/c1-12(16)18-11-5-3-2-4-10-17-14-8-6-13(15)7-9-14/h6-9H,2-5,10-11H2,1H3. The highest BCUT2D eigenvalue weighted by atomic mass is 127. The lowest BCUT2D eigenvalue weighted by atomic mass is 10.2. The van der Waals surface area contributed by atoms with Gasteiger partial charge in [-0.2, -0.15) is 0 Å². The van der Waals surface area contributed by atoms with Crippen molar-refractivity contribution in [3.63, 3.8) is 0 Å². The zero-order chi connectivity index (χ0) is 13.2. The highest BCUT2D eigenvalue weighted by Crippen LogP contribution is 2.14. The lowest BCUT2D eigenvalue weighted by molar-refractivity contribution is -0.109. The number of benzene rings is 1. The minimum Gasteiger partial charge on any atom is -0.494 e. The molecule has 1 aromatic rings. The van der Waals surface area contributed by atoms with Gasteiger partial charge < -0.3 is 4.74 Å². The largest absolute Gasteiger partial charge is 0.494 e. The van der Waals surface area contributed by atoms with Crippen molar-refractivity contribution in [2.45, 2.75) is 32.6 Å². The maximum absolute atomic E-state index is 10.7. The molecule has 18 heavy (non-hydrogen) atoms. The van der Waals surface area contributed by atoms with Crippen molar-refractivity contribution < 1.29 is 9.53 Å². The lowest BCUT2D eigenvalue weighted by Gasteiger charge is -2.05. The van der Waals surface area contributed by atoms with Crippen LogP contribution in [0.15, 0.2) is 24.3 Å². The van der Waals surface area contributed by atoms with Crippen molar-refractivity contribution in [1.29, 1.82) is 0 Å². The Morgan fingerprint density at radius 1 is 1.17 bits per heavy atom. The summed E-state index contributed by atoms with van der Waals surface area (Å²) in [6, 6.07) is 8.11. The molecule has 1 aromatic carbocycles. The predicted molar refractivity (Wildman–Crippen MR) is 86.3 cm³/mol. The van der Waals surface area contributed by atoms with Crippen LogP contribution in [-0.2, 0) is 4.79 Å². The highest BCUT2D eigenvalue weighted by Gasteiger charge is 1.96. The van der Waals surface area contributed by atoms with Crippen LogP contribution in [0.1, 0.15) is 32.6 Å². The Morgan fingerprint density at radius 2 is 1.83 bits per heavy atom. The average molecular weight is 378 g/mol. The second-order valence-electron chi connectivity index (χ2n) is 4.06. The van der Waals surface area contributed by atoms with E-state index in [2.05, 4.69) is 34.7 Å². The maximum Gasteiger partial charge on any atom is 0.185 e. The van der Waals surface area contributed by atoms with Crippen molar-refractivity contribution in [2.75, 3.05) is 12.4 Å². The van der Waals surface area contributed by atoms with E-state index in [1.165, 1.54) is 28.2 Å². The summed E-state index contributed by atoms with van der Waals surface area (Å²) in [5.41, 5.74) is 0. The van der Waals surface area contributed by atoms with Gasteiger partial charge in [-0.15, -0.1) is 0 Å². The number of hydrogen-bond acceptors (Lipinski definition) is 3. The topological polar surface area (TPSA) is 26.3 Å². The molecule has 0 saturated heterocycles. The zero-order valence-corrected chi connectivity index (χ0v) is 13.6. The Morgan fingerprint density at radius 3 is 2.50 bits per heavy atom. The van der Waals surface area contributed by atoms with Crippen molar-refractivity contribution in [2.24, 2.45) is 0 Å². The molecule has 0 bridgehead atoms. The number of ether oxygens (including phenoxy) is 1. The van der Waals surface area contributed by atoms with Gasteiger partial charge in [0, 0.05) is 16.2 Å². The molecule has 0 atom stereocenters. The third-order valence-electron chi connectivity index (χ3n) is 2.43. The number of carbonyl (C=O) groups excluding carboxylic acids is 1. The van der Waals surface area contributed by atoms with E-state index >= 15 is 0 Å². The van der Waals surface area contributed by atoms with Crippen LogP contribution in [0.2, 0.25) is 0 Å². The molecule has 0 aliphatic heterocycles. The SMILES string of the molecule is CC(=O)SCCCCCCOc1ccc(I)cc1. The first-order chi connectivity index (χ1) is 8.68. The van der Waals surface area contributed by atoms with Gasteiger partial charge >= 0.3 is 0 Å². The normalized spacial score (nSPS) is 10.3. The summed E-state index contributed by atoms with van der Waals surface area (Å²) in [5, 5.41) is 0.219. The zero-order valence-electron chi connectivity index (χ0n) is 10.7. The molecule has 2 nitrogen and oxygen atoms in total. The molecule has 0 N–H and O–H groups in total. The first kappa shape index (κ1) is 15.8. The summed E-state index contributed by atoms with van der Waals surface area (Å²) >= 11 is 3.71. The number of halogens is 1. The van der Waals surface area contributed by atoms with Crippen molar-refractivity contribution in [3.05, 3.63) is 27.8 Å². The first-order valence-corrected chi connectivity index (χ1v) is 8.26. The van der Waals surface area contributed by atoms with Gasteiger partial charge in [-0.25, -0.2) is 0 Å². The van der Waals surface area contributed by atoms with E-state index in [-0.39, 0.29) is 5.12 Å². The number of unbranched alkanes of at least 4 members (excludes halogenated alkanes) is 3. The van der Waals surface area contributed by atoms with Gasteiger partial charge in [-0.1, -0.05) is 24.6 Å². The minimum absolute atomic E-state index is 0.219. The summed E-state index contributed by atoms with van der Waals surface area (Å²) in [6.45, 7) is 2.40. The summed E-state index contributed by atoms with van der Waals surface area (Å²) in [4.78, 5) is 10.7. The van der Waals surface area contributed by atoms with Crippen LogP contribution >= 0.6 is 34.4 Å². The third-order valence-corrected chi connectivity index (χ3v) is 4.04. The summed E-state index contributed by atoms with van der Waals surface area (Å²) in [5.74, 6) is 1.90. The maximum atomic E-state index is 10.7. The average Bonchev–Trinajstić information content (AvgIpc) is 2.34. The fourth-order valence-corrected chi connectivity index (χ4v) is 2.49. The van der Waals surface area contributed by atoms with Crippen molar-refractivity contribution in [3.8, 4) is 5.75 Å². The molecular formula is C14H19IO2S.